The predicted molar refractivity (Wildman–Crippen MR) is 323 cm³/mol. The Labute approximate surface area is 477 Å². The highest BCUT2D eigenvalue weighted by atomic mass is 32.2. The van der Waals surface area contributed by atoms with Crippen molar-refractivity contribution in [2.45, 2.75) is 123 Å². The maximum Gasteiger partial charge on any atom is 0.514 e. The van der Waals surface area contributed by atoms with Crippen molar-refractivity contribution < 1.29 is 33.3 Å². The Morgan fingerprint density at radius 2 is 0.557 bits per heavy atom. The molecule has 79 heavy (non-hydrogen) atoms. The molecule has 0 saturated carbocycles. The molecule has 0 N–H and O–H groups in total. The Kier molecular flexibility index (Phi) is 21.2. The molecule has 0 fully saturated rings. The average Bonchev–Trinajstić information content (AvgIpc) is 3.44. The van der Waals surface area contributed by atoms with Gasteiger partial charge in [-0.05, 0) is 208 Å². The molecule has 9 rings (SSSR count). The van der Waals surface area contributed by atoms with Crippen LogP contribution in [0.1, 0.15) is 62.3 Å². The van der Waals surface area contributed by atoms with Crippen LogP contribution in [0.4, 0.5) is 4.79 Å². The smallest absolute Gasteiger partial charge is 0.488 e. The fourth-order valence-corrected chi connectivity index (χ4v) is 14.0. The largest absolute Gasteiger partial charge is 0.514 e. The van der Waals surface area contributed by atoms with Crippen LogP contribution in [0.15, 0.2) is 299 Å². The molecular formula is C69H71O7S3+3. The van der Waals surface area contributed by atoms with Gasteiger partial charge < -0.3 is 23.7 Å². The normalized spacial score (nSPS) is 11.3. The molecule has 0 unspecified atom stereocenters. The number of benzene rings is 9. The summed E-state index contributed by atoms with van der Waals surface area (Å²) >= 11 is 0. The van der Waals surface area contributed by atoms with E-state index in [2.05, 4.69) is 215 Å². The van der Waals surface area contributed by atoms with E-state index in [4.69, 9.17) is 23.7 Å². The van der Waals surface area contributed by atoms with Gasteiger partial charge in [-0.3, -0.25) is 0 Å². The Morgan fingerprint density at radius 1 is 0.304 bits per heavy atom. The molecule has 404 valence electrons. The quantitative estimate of drug-likeness (QED) is 0.0610. The van der Waals surface area contributed by atoms with Gasteiger partial charge in [-0.25, -0.2) is 9.59 Å². The molecule has 0 aromatic heterocycles. The van der Waals surface area contributed by atoms with Gasteiger partial charge in [0.05, 0.1) is 32.7 Å². The maximum absolute atomic E-state index is 11.8. The molecule has 0 atom stereocenters. The van der Waals surface area contributed by atoms with E-state index in [1.54, 1.807) is 0 Å². The van der Waals surface area contributed by atoms with Crippen LogP contribution >= 0.6 is 0 Å². The third kappa shape index (κ3) is 19.4. The molecule has 0 saturated heterocycles. The summed E-state index contributed by atoms with van der Waals surface area (Å²) in [5, 5.41) is 0. The molecule has 9 aromatic rings. The molecular weight excluding hydrogens is 1040 g/mol. The van der Waals surface area contributed by atoms with Crippen LogP contribution in [0.5, 0.6) is 17.2 Å². The van der Waals surface area contributed by atoms with Crippen molar-refractivity contribution in [3.63, 3.8) is 0 Å². The van der Waals surface area contributed by atoms with Gasteiger partial charge in [0.15, 0.2) is 50.7 Å². The van der Waals surface area contributed by atoms with Crippen LogP contribution in [0.25, 0.3) is 0 Å². The van der Waals surface area contributed by atoms with Crippen molar-refractivity contribution in [3.05, 3.63) is 255 Å². The number of rotatable bonds is 14. The number of carbonyl (C=O) groups is 2. The second-order valence-electron chi connectivity index (χ2n) is 20.9. The van der Waals surface area contributed by atoms with Gasteiger partial charge in [0.1, 0.15) is 34.1 Å². The SMILES string of the molecule is CC(C)(C)OC(=O)COc1ccc([S+](c2ccccc2)c2ccccc2)cc1.CC(C)(C)OC(=O)Oc1ccc([S+](c2ccccc2)c2ccccc2)cc1.CC(C)(C)Oc1ccc([S+](c2ccccc2)c2ccccc2)cc1. The standard InChI is InChI=1S/C24H25O3S.C23H23O3S.C22H23OS/c1-24(2,3)27-23(25)18-26-19-14-16-22(17-15-19)28(20-10-6-4-7-11-20)21-12-8-5-9-13-21;1-23(2,3)26-22(24)25-18-14-16-21(17-15-18)27(19-10-6-4-7-11-19)20-12-8-5-9-13-20;1-22(2,3)23-18-14-16-21(17-15-18)24(19-10-6-4-7-11-19)20-12-8-5-9-13-20/h4-17H,18H2,1-3H3;4-17H,1-3H3;4-17H,1-3H3/q3*+1. The second kappa shape index (κ2) is 28.3. The van der Waals surface area contributed by atoms with Crippen LogP contribution in [-0.4, -0.2) is 35.5 Å². The highest BCUT2D eigenvalue weighted by Gasteiger charge is 2.31. The summed E-state index contributed by atoms with van der Waals surface area (Å²) in [6.45, 7) is 17.1. The topological polar surface area (TPSA) is 80.3 Å². The van der Waals surface area contributed by atoms with Crippen LogP contribution in [0.2, 0.25) is 0 Å². The summed E-state index contributed by atoms with van der Waals surface area (Å²) in [5.74, 6) is 1.66. The second-order valence-corrected chi connectivity index (χ2v) is 26.9. The number of hydrogen-bond acceptors (Lipinski definition) is 7. The van der Waals surface area contributed by atoms with Crippen LogP contribution < -0.4 is 14.2 Å². The molecule has 9 aromatic carbocycles. The van der Waals surface area contributed by atoms with Gasteiger partial charge in [0.2, 0.25) is 0 Å². The summed E-state index contributed by atoms with van der Waals surface area (Å²) in [7, 11) is -0.521. The zero-order chi connectivity index (χ0) is 56.3. The Bertz CT molecular complexity index is 3100. The minimum atomic E-state index is -0.694. The van der Waals surface area contributed by atoms with Gasteiger partial charge in [-0.15, -0.1) is 0 Å². The van der Waals surface area contributed by atoms with Crippen molar-refractivity contribution >= 4 is 44.8 Å². The third-order valence-corrected chi connectivity index (χ3v) is 17.5. The fourth-order valence-electron chi connectivity index (χ4n) is 7.76. The zero-order valence-corrected chi connectivity index (χ0v) is 49.0. The van der Waals surface area contributed by atoms with Crippen molar-refractivity contribution in [1.29, 1.82) is 0 Å². The Hall–Kier alpha value is -7.63. The molecule has 0 aliphatic heterocycles. The zero-order valence-electron chi connectivity index (χ0n) is 46.5. The molecule has 0 aliphatic rings. The highest BCUT2D eigenvalue weighted by molar-refractivity contribution is 7.97. The molecule has 0 heterocycles. The summed E-state index contributed by atoms with van der Waals surface area (Å²) in [4.78, 5) is 35.0. The van der Waals surface area contributed by atoms with Gasteiger partial charge in [0.25, 0.3) is 0 Å². The van der Waals surface area contributed by atoms with Gasteiger partial charge in [-0.1, -0.05) is 109 Å². The lowest BCUT2D eigenvalue weighted by molar-refractivity contribution is -0.157. The molecule has 0 aliphatic carbocycles. The molecule has 10 heteroatoms. The monoisotopic (exact) mass is 1110 g/mol. The summed E-state index contributed by atoms with van der Waals surface area (Å²) in [6, 6.07) is 87.2. The van der Waals surface area contributed by atoms with Crippen LogP contribution in [0.3, 0.4) is 0 Å². The van der Waals surface area contributed by atoms with E-state index < -0.39 is 17.4 Å². The number of ether oxygens (including phenoxy) is 5. The molecule has 0 amide bonds. The van der Waals surface area contributed by atoms with Gasteiger partial charge >= 0.3 is 12.1 Å². The molecule has 7 nitrogen and oxygen atoms in total. The first-order valence-electron chi connectivity index (χ1n) is 26.2. The van der Waals surface area contributed by atoms with E-state index in [0.29, 0.717) is 11.5 Å². The molecule has 0 spiro atoms. The van der Waals surface area contributed by atoms with Gasteiger partial charge in [-0.2, -0.15) is 0 Å². The summed E-state index contributed by atoms with van der Waals surface area (Å²) < 4.78 is 27.3. The lowest BCUT2D eigenvalue weighted by atomic mass is 10.2. The van der Waals surface area contributed by atoms with E-state index in [1.165, 1.54) is 39.2 Å². The first kappa shape index (κ1) is 59.0. The highest BCUT2D eigenvalue weighted by Crippen LogP contribution is 2.35. The van der Waals surface area contributed by atoms with Crippen LogP contribution in [-0.2, 0) is 47.0 Å². The van der Waals surface area contributed by atoms with Crippen molar-refractivity contribution in [2.24, 2.45) is 0 Å². The fraction of sp³-hybridized carbons (Fsp3) is 0.188. The Balaban J connectivity index is 0.000000172. The number of hydrogen-bond donors (Lipinski definition) is 0. The minimum absolute atomic E-state index is 0.0975. The number of carbonyl (C=O) groups excluding carboxylic acids is 2. The maximum atomic E-state index is 11.8. The lowest BCUT2D eigenvalue weighted by Gasteiger charge is -2.21. The van der Waals surface area contributed by atoms with Crippen molar-refractivity contribution in [1.82, 2.24) is 0 Å². The number of esters is 1. The van der Waals surface area contributed by atoms with Crippen molar-refractivity contribution in [3.8, 4) is 17.2 Å². The first-order valence-corrected chi connectivity index (χ1v) is 29.8. The van der Waals surface area contributed by atoms with Crippen molar-refractivity contribution in [2.75, 3.05) is 6.61 Å². The average molecular weight is 1110 g/mol. The van der Waals surface area contributed by atoms with Crippen LogP contribution in [0, 0.1) is 0 Å². The third-order valence-electron chi connectivity index (χ3n) is 10.8. The van der Waals surface area contributed by atoms with E-state index in [1.807, 2.05) is 102 Å². The molecule has 0 radical (unpaired) electrons. The predicted octanol–water partition coefficient (Wildman–Crippen LogP) is 17.6. The molecule has 0 bridgehead atoms. The minimum Gasteiger partial charge on any atom is -0.488 e. The first-order chi connectivity index (χ1) is 37.9. The summed E-state index contributed by atoms with van der Waals surface area (Å²) in [6.07, 6.45) is -0.694. The van der Waals surface area contributed by atoms with E-state index in [0.717, 1.165) is 10.6 Å². The van der Waals surface area contributed by atoms with E-state index >= 15 is 0 Å². The van der Waals surface area contributed by atoms with E-state index in [9.17, 15) is 9.59 Å². The van der Waals surface area contributed by atoms with E-state index in [-0.39, 0.29) is 50.9 Å². The summed E-state index contributed by atoms with van der Waals surface area (Å²) in [5.41, 5.74) is -1.27. The Morgan fingerprint density at radius 3 is 0.823 bits per heavy atom. The lowest BCUT2D eigenvalue weighted by Crippen LogP contribution is -2.27. The van der Waals surface area contributed by atoms with Gasteiger partial charge in [0, 0.05) is 0 Å².